The van der Waals surface area contributed by atoms with E-state index < -0.39 is 0 Å². The van der Waals surface area contributed by atoms with Crippen LogP contribution in [0.25, 0.3) is 113 Å². The van der Waals surface area contributed by atoms with E-state index in [1.54, 1.807) is 11.3 Å². The second-order valence-electron chi connectivity index (χ2n) is 13.2. The normalized spacial score (nSPS) is 12.3. The molecule has 0 saturated heterocycles. The van der Waals surface area contributed by atoms with Gasteiger partial charge in [0.2, 0.25) is 0 Å². The highest BCUT2D eigenvalue weighted by molar-refractivity contribution is 7.26. The van der Waals surface area contributed by atoms with Crippen LogP contribution in [0.5, 0.6) is 0 Å². The van der Waals surface area contributed by atoms with Crippen molar-refractivity contribution in [3.8, 4) is 33.8 Å². The fraction of sp³-hybridized carbons (Fsp3) is 0. The molecule has 5 heterocycles. The maximum absolute atomic E-state index is 5.34. The van der Waals surface area contributed by atoms with Crippen molar-refractivity contribution >= 4 is 102 Å². The zero-order chi connectivity index (χ0) is 33.2. The monoisotopic (exact) mass is 684 g/mol. The van der Waals surface area contributed by atoms with Crippen molar-refractivity contribution in [2.24, 2.45) is 0 Å². The Morgan fingerprint density at radius 2 is 1.25 bits per heavy atom. The molecule has 0 unspecified atom stereocenters. The summed E-state index contributed by atoms with van der Waals surface area (Å²) in [6.07, 6.45) is 0. The van der Waals surface area contributed by atoms with Crippen LogP contribution in [0.2, 0.25) is 0 Å². The van der Waals surface area contributed by atoms with Gasteiger partial charge in [-0.2, -0.15) is 0 Å². The van der Waals surface area contributed by atoms with Crippen LogP contribution in [0.3, 0.4) is 0 Å². The lowest BCUT2D eigenvalue weighted by Gasteiger charge is -2.11. The summed E-state index contributed by atoms with van der Waals surface area (Å²) < 4.78 is 6.18. The molecule has 0 atom stereocenters. The van der Waals surface area contributed by atoms with Gasteiger partial charge in [-0.3, -0.25) is 0 Å². The van der Waals surface area contributed by atoms with Crippen molar-refractivity contribution in [1.29, 1.82) is 0 Å². The highest BCUT2D eigenvalue weighted by atomic mass is 32.1. The zero-order valence-electron chi connectivity index (χ0n) is 27.0. The average Bonchev–Trinajstić information content (AvgIpc) is 3.96. The second-order valence-corrected chi connectivity index (χ2v) is 15.1. The lowest BCUT2D eigenvalue weighted by atomic mass is 9.98. The lowest BCUT2D eigenvalue weighted by molar-refractivity contribution is 1.24. The first-order valence-electron chi connectivity index (χ1n) is 17.0. The van der Waals surface area contributed by atoms with Gasteiger partial charge in [-0.05, 0) is 59.7 Å². The summed E-state index contributed by atoms with van der Waals surface area (Å²) in [5.41, 5.74) is 13.1. The van der Waals surface area contributed by atoms with E-state index in [0.29, 0.717) is 0 Å². The van der Waals surface area contributed by atoms with Crippen LogP contribution in [0, 0.1) is 0 Å². The molecule has 0 saturated carbocycles. The summed E-state index contributed by atoms with van der Waals surface area (Å²) >= 11 is 3.54. The van der Waals surface area contributed by atoms with Crippen LogP contribution in [0.1, 0.15) is 0 Å². The molecule has 0 radical (unpaired) electrons. The molecule has 51 heavy (non-hydrogen) atoms. The summed E-state index contributed by atoms with van der Waals surface area (Å²) in [6.45, 7) is 0. The van der Waals surface area contributed by atoms with Gasteiger partial charge < -0.3 is 4.40 Å². The van der Waals surface area contributed by atoms with Gasteiger partial charge in [-0.15, -0.1) is 22.7 Å². The molecule has 6 heteroatoms. The first kappa shape index (κ1) is 27.6. The van der Waals surface area contributed by atoms with E-state index in [0.717, 1.165) is 44.6 Å². The molecule has 0 N–H and O–H groups in total. The van der Waals surface area contributed by atoms with Gasteiger partial charge >= 0.3 is 0 Å². The largest absolute Gasteiger partial charge is 0.308 e. The molecule has 5 aromatic heterocycles. The molecule has 7 aromatic carbocycles. The smallest absolute Gasteiger partial charge is 0.161 e. The predicted molar refractivity (Wildman–Crippen MR) is 217 cm³/mol. The molecule has 0 aliphatic carbocycles. The van der Waals surface area contributed by atoms with Crippen LogP contribution in [0.4, 0.5) is 0 Å². The summed E-state index contributed by atoms with van der Waals surface area (Å²) in [5.74, 6) is 0.750. The first-order chi connectivity index (χ1) is 25.3. The Morgan fingerprint density at radius 3 is 2.22 bits per heavy atom. The molecule has 0 spiro atoms. The van der Waals surface area contributed by atoms with Gasteiger partial charge in [0.1, 0.15) is 0 Å². The van der Waals surface area contributed by atoms with E-state index in [-0.39, 0.29) is 0 Å². The van der Waals surface area contributed by atoms with Crippen molar-refractivity contribution < 1.29 is 0 Å². The average molecular weight is 685 g/mol. The maximum Gasteiger partial charge on any atom is 0.161 e. The Labute approximate surface area is 298 Å². The van der Waals surface area contributed by atoms with Gasteiger partial charge in [0.25, 0.3) is 0 Å². The molecule has 0 fully saturated rings. The molecule has 0 aliphatic rings. The van der Waals surface area contributed by atoms with Crippen LogP contribution >= 0.6 is 22.7 Å². The number of aromatic nitrogens is 4. The lowest BCUT2D eigenvalue weighted by Crippen LogP contribution is -1.95. The minimum atomic E-state index is 0.750. The number of hydrogen-bond donors (Lipinski definition) is 0. The number of benzene rings is 7. The Balaban J connectivity index is 1.07. The highest BCUT2D eigenvalue weighted by Crippen LogP contribution is 2.45. The summed E-state index contributed by atoms with van der Waals surface area (Å²) in [7, 11) is 0. The fourth-order valence-electron chi connectivity index (χ4n) is 8.24. The molecular formula is C45H24N4S2. The topological polar surface area (TPSA) is 43.1 Å². The van der Waals surface area contributed by atoms with Crippen LogP contribution in [-0.4, -0.2) is 19.4 Å². The second kappa shape index (κ2) is 10.2. The number of para-hydroxylation sites is 2. The third-order valence-electron chi connectivity index (χ3n) is 10.5. The minimum absolute atomic E-state index is 0.750. The third kappa shape index (κ3) is 3.80. The van der Waals surface area contributed by atoms with E-state index in [2.05, 4.69) is 144 Å². The minimum Gasteiger partial charge on any atom is -0.308 e. The molecule has 12 aromatic rings. The van der Waals surface area contributed by atoms with Crippen molar-refractivity contribution in [2.75, 3.05) is 0 Å². The van der Waals surface area contributed by atoms with Crippen molar-refractivity contribution in [3.63, 3.8) is 0 Å². The van der Waals surface area contributed by atoms with Gasteiger partial charge in [-0.1, -0.05) is 91.0 Å². The Bertz CT molecular complexity index is 3390. The van der Waals surface area contributed by atoms with Crippen LogP contribution in [-0.2, 0) is 0 Å². The SMILES string of the molecule is c1cc(-c2ccc3c(c2)c2c4scnc4cc4c5ccccc5n3c42)cc(-c2nc(-c3cccc4c3sc3ccccc34)nc3ccccc23)c1. The van der Waals surface area contributed by atoms with E-state index in [4.69, 9.17) is 15.0 Å². The van der Waals surface area contributed by atoms with Crippen LogP contribution < -0.4 is 0 Å². The van der Waals surface area contributed by atoms with Gasteiger partial charge in [0.15, 0.2) is 5.82 Å². The zero-order valence-corrected chi connectivity index (χ0v) is 28.6. The number of rotatable bonds is 3. The van der Waals surface area contributed by atoms with Crippen LogP contribution in [0.15, 0.2) is 145 Å². The fourth-order valence-corrected chi connectivity index (χ4v) is 10.3. The van der Waals surface area contributed by atoms with Gasteiger partial charge in [0, 0.05) is 58.2 Å². The molecule has 0 bridgehead atoms. The molecule has 4 nitrogen and oxygen atoms in total. The summed E-state index contributed by atoms with van der Waals surface area (Å²) in [6, 6.07) is 50.2. The Kier molecular flexibility index (Phi) is 5.50. The first-order valence-corrected chi connectivity index (χ1v) is 18.7. The standard InChI is InChI=1S/C45H24N4S2/c1-4-16-35-31(13-1)41(48-45(47-35)32-15-8-14-30-29-12-3-6-18-39(29)51-43(30)32)27-10-7-9-25(21-27)26-19-20-38-34(22-26)40-42-33(23-36-44(40)50-24-46-36)28-11-2-5-17-37(28)49(38)42/h1-24H. The van der Waals surface area contributed by atoms with Crippen molar-refractivity contribution in [1.82, 2.24) is 19.4 Å². The van der Waals surface area contributed by atoms with E-state index in [9.17, 15) is 0 Å². The highest BCUT2D eigenvalue weighted by Gasteiger charge is 2.22. The third-order valence-corrected chi connectivity index (χ3v) is 12.6. The predicted octanol–water partition coefficient (Wildman–Crippen LogP) is 12.8. The quantitative estimate of drug-likeness (QED) is 0.186. The summed E-state index contributed by atoms with van der Waals surface area (Å²) in [5, 5.41) is 8.64. The molecule has 236 valence electrons. The van der Waals surface area contributed by atoms with Crippen molar-refractivity contribution in [3.05, 3.63) is 145 Å². The summed E-state index contributed by atoms with van der Waals surface area (Å²) in [4.78, 5) is 15.2. The molecular weight excluding hydrogens is 661 g/mol. The number of thiophene rings is 1. The van der Waals surface area contributed by atoms with Gasteiger partial charge in [0.05, 0.1) is 43.5 Å². The number of hydrogen-bond acceptors (Lipinski definition) is 5. The van der Waals surface area contributed by atoms with E-state index in [1.807, 2.05) is 16.8 Å². The Hall–Kier alpha value is -6.21. The van der Waals surface area contributed by atoms with Gasteiger partial charge in [-0.25, -0.2) is 15.0 Å². The Morgan fingerprint density at radius 1 is 0.490 bits per heavy atom. The number of nitrogens with zero attached hydrogens (tertiary/aromatic N) is 4. The van der Waals surface area contributed by atoms with Crippen molar-refractivity contribution in [2.45, 2.75) is 0 Å². The molecule has 0 amide bonds. The molecule has 12 rings (SSSR count). The van der Waals surface area contributed by atoms with E-state index >= 15 is 0 Å². The number of fused-ring (bicyclic) bond motifs is 12. The maximum atomic E-state index is 5.34. The molecule has 0 aliphatic heterocycles. The van der Waals surface area contributed by atoms with E-state index in [1.165, 1.54) is 68.5 Å². The number of thiazole rings is 1.